The molecule has 0 unspecified atom stereocenters. The van der Waals surface area contributed by atoms with Crippen molar-refractivity contribution < 1.29 is 9.53 Å². The average molecular weight is 382 g/mol. The van der Waals surface area contributed by atoms with Crippen LogP contribution in [0.4, 0.5) is 0 Å². The van der Waals surface area contributed by atoms with Crippen LogP contribution >= 0.6 is 0 Å². The highest BCUT2D eigenvalue weighted by atomic mass is 16.5. The number of rotatable bonds is 5. The number of para-hydroxylation sites is 1. The van der Waals surface area contributed by atoms with Crippen molar-refractivity contribution >= 4 is 5.91 Å². The van der Waals surface area contributed by atoms with Gasteiger partial charge < -0.3 is 9.64 Å². The zero-order valence-electron chi connectivity index (χ0n) is 16.1. The van der Waals surface area contributed by atoms with E-state index < -0.39 is 0 Å². The van der Waals surface area contributed by atoms with E-state index in [4.69, 9.17) is 4.74 Å². The Morgan fingerprint density at radius 2 is 2.04 bits per heavy atom. The van der Waals surface area contributed by atoms with Gasteiger partial charge in [0.15, 0.2) is 0 Å². The first kappa shape index (κ1) is 17.6. The fourth-order valence-electron chi connectivity index (χ4n) is 5.59. The summed E-state index contributed by atoms with van der Waals surface area (Å²) in [6, 6.07) is 8.98. The standard InChI is InChI=1S/C20H26N6O2/c1-28-17-5-3-2-4-15(17)16-12-26(18(27)8-11-25-13-21-22-23-25)19-14-6-9-24(10-7-14)20(16)19/h2-5,13-14,16,19-20H,6-12H2,1H3/t16-,19-,20-/m1/s1. The zero-order chi connectivity index (χ0) is 19.1. The van der Waals surface area contributed by atoms with Gasteiger partial charge >= 0.3 is 0 Å². The number of tetrazole rings is 1. The monoisotopic (exact) mass is 382 g/mol. The predicted octanol–water partition coefficient (Wildman–Crippen LogP) is 1.16. The molecule has 3 atom stereocenters. The summed E-state index contributed by atoms with van der Waals surface area (Å²) in [5, 5.41) is 11.2. The molecule has 148 valence electrons. The molecule has 0 aliphatic carbocycles. The molecule has 4 aliphatic rings. The van der Waals surface area contributed by atoms with E-state index in [1.165, 1.54) is 18.4 Å². The van der Waals surface area contributed by atoms with Crippen LogP contribution in [0.1, 0.15) is 30.7 Å². The maximum Gasteiger partial charge on any atom is 0.224 e. The number of hydrogen-bond donors (Lipinski definition) is 0. The number of ether oxygens (including phenoxy) is 1. The van der Waals surface area contributed by atoms with Crippen LogP contribution in [-0.4, -0.2) is 74.7 Å². The molecule has 1 amide bonds. The minimum atomic E-state index is 0.205. The van der Waals surface area contributed by atoms with Gasteiger partial charge in [-0.15, -0.1) is 5.10 Å². The molecular weight excluding hydrogens is 356 g/mol. The van der Waals surface area contributed by atoms with Crippen LogP contribution in [0.25, 0.3) is 0 Å². The molecule has 0 saturated carbocycles. The first-order valence-corrected chi connectivity index (χ1v) is 10.1. The summed E-state index contributed by atoms with van der Waals surface area (Å²) in [7, 11) is 1.73. The summed E-state index contributed by atoms with van der Waals surface area (Å²) in [4.78, 5) is 18.0. The first-order chi connectivity index (χ1) is 13.8. The maximum absolute atomic E-state index is 13.2. The van der Waals surface area contributed by atoms with E-state index in [-0.39, 0.29) is 5.91 Å². The molecule has 1 aromatic carbocycles. The van der Waals surface area contributed by atoms with Crippen molar-refractivity contribution in [3.05, 3.63) is 36.2 Å². The molecule has 4 aliphatic heterocycles. The van der Waals surface area contributed by atoms with E-state index in [9.17, 15) is 4.79 Å². The molecule has 0 N–H and O–H groups in total. The van der Waals surface area contributed by atoms with Crippen LogP contribution in [0.2, 0.25) is 0 Å². The molecular formula is C20H26N6O2. The first-order valence-electron chi connectivity index (χ1n) is 10.1. The summed E-state index contributed by atoms with van der Waals surface area (Å²) < 4.78 is 7.29. The molecule has 2 aromatic rings. The van der Waals surface area contributed by atoms with E-state index >= 15 is 0 Å². The van der Waals surface area contributed by atoms with Gasteiger partial charge in [-0.2, -0.15) is 0 Å². The number of carbonyl (C=O) groups is 1. The zero-order valence-corrected chi connectivity index (χ0v) is 16.1. The van der Waals surface area contributed by atoms with Crippen molar-refractivity contribution in [2.45, 2.75) is 43.8 Å². The van der Waals surface area contributed by atoms with Crippen LogP contribution < -0.4 is 4.74 Å². The van der Waals surface area contributed by atoms with Gasteiger partial charge in [-0.05, 0) is 48.3 Å². The fourth-order valence-corrected chi connectivity index (χ4v) is 5.59. The van der Waals surface area contributed by atoms with Crippen LogP contribution in [-0.2, 0) is 11.3 Å². The highest BCUT2D eigenvalue weighted by Crippen LogP contribution is 2.48. The Kier molecular flexibility index (Phi) is 4.50. The average Bonchev–Trinajstić information content (AvgIpc) is 3.42. The van der Waals surface area contributed by atoms with E-state index in [1.54, 1.807) is 18.1 Å². The number of nitrogens with zero attached hydrogens (tertiary/aromatic N) is 6. The normalized spacial score (nSPS) is 31.0. The van der Waals surface area contributed by atoms with Gasteiger partial charge in [0.05, 0.1) is 19.7 Å². The second-order valence-corrected chi connectivity index (χ2v) is 8.07. The molecule has 8 nitrogen and oxygen atoms in total. The number of fused-ring (bicyclic) bond motifs is 2. The van der Waals surface area contributed by atoms with E-state index in [0.717, 1.165) is 25.4 Å². The molecule has 0 spiro atoms. The third-order valence-electron chi connectivity index (χ3n) is 6.80. The van der Waals surface area contributed by atoms with E-state index in [2.05, 4.69) is 37.5 Å². The quantitative estimate of drug-likeness (QED) is 0.772. The summed E-state index contributed by atoms with van der Waals surface area (Å²) in [5.74, 6) is 2.03. The van der Waals surface area contributed by atoms with Gasteiger partial charge in [-0.25, -0.2) is 4.68 Å². The molecule has 8 heteroatoms. The number of piperidine rings is 3. The van der Waals surface area contributed by atoms with Gasteiger partial charge in [0, 0.05) is 30.5 Å². The van der Waals surface area contributed by atoms with Crippen molar-refractivity contribution in [3.8, 4) is 5.75 Å². The van der Waals surface area contributed by atoms with Gasteiger partial charge in [0.25, 0.3) is 0 Å². The molecule has 4 fully saturated rings. The third-order valence-corrected chi connectivity index (χ3v) is 6.80. The maximum atomic E-state index is 13.2. The number of methoxy groups -OCH3 is 1. The summed E-state index contributed by atoms with van der Waals surface area (Å²) in [6.07, 6.45) is 4.37. The van der Waals surface area contributed by atoms with Crippen molar-refractivity contribution in [2.75, 3.05) is 26.7 Å². The van der Waals surface area contributed by atoms with Crippen molar-refractivity contribution in [3.63, 3.8) is 0 Å². The van der Waals surface area contributed by atoms with E-state index in [1.807, 2.05) is 12.1 Å². The largest absolute Gasteiger partial charge is 0.496 e. The Morgan fingerprint density at radius 1 is 1.21 bits per heavy atom. The third kappa shape index (κ3) is 2.87. The molecule has 1 aromatic heterocycles. The minimum Gasteiger partial charge on any atom is -0.496 e. The van der Waals surface area contributed by atoms with Crippen LogP contribution in [0, 0.1) is 5.92 Å². The topological polar surface area (TPSA) is 76.4 Å². The highest BCUT2D eigenvalue weighted by Gasteiger charge is 2.54. The van der Waals surface area contributed by atoms with E-state index in [0.29, 0.717) is 36.9 Å². The van der Waals surface area contributed by atoms with Crippen molar-refractivity contribution in [1.82, 2.24) is 30.0 Å². The second-order valence-electron chi connectivity index (χ2n) is 8.07. The number of carbonyl (C=O) groups excluding carboxylic acids is 1. The number of aryl methyl sites for hydroxylation is 1. The fraction of sp³-hybridized carbons (Fsp3) is 0.600. The Balaban J connectivity index is 1.43. The number of hydrogen-bond acceptors (Lipinski definition) is 6. The van der Waals surface area contributed by atoms with Gasteiger partial charge in [0.2, 0.25) is 5.91 Å². The SMILES string of the molecule is COc1ccccc1[C@H]1CN(C(=O)CCn2cnnn2)[C@@H]2C3CCN(CC3)[C@H]12. The lowest BCUT2D eigenvalue weighted by Crippen LogP contribution is -2.60. The highest BCUT2D eigenvalue weighted by molar-refractivity contribution is 5.77. The van der Waals surface area contributed by atoms with Crippen LogP contribution in [0.5, 0.6) is 5.75 Å². The second kappa shape index (κ2) is 7.16. The lowest BCUT2D eigenvalue weighted by Gasteiger charge is -2.51. The van der Waals surface area contributed by atoms with Gasteiger partial charge in [-0.3, -0.25) is 9.69 Å². The van der Waals surface area contributed by atoms with Gasteiger partial charge in [0.1, 0.15) is 12.1 Å². The lowest BCUT2D eigenvalue weighted by atomic mass is 9.75. The minimum absolute atomic E-state index is 0.205. The van der Waals surface area contributed by atoms with Crippen molar-refractivity contribution in [2.24, 2.45) is 5.92 Å². The number of amides is 1. The summed E-state index contributed by atoms with van der Waals surface area (Å²) in [6.45, 7) is 3.57. The molecule has 0 radical (unpaired) electrons. The Hall–Kier alpha value is -2.48. The molecule has 6 rings (SSSR count). The van der Waals surface area contributed by atoms with Crippen LogP contribution in [0.15, 0.2) is 30.6 Å². The Bertz CT molecular complexity index is 833. The smallest absolute Gasteiger partial charge is 0.224 e. The molecule has 28 heavy (non-hydrogen) atoms. The van der Waals surface area contributed by atoms with Gasteiger partial charge in [-0.1, -0.05) is 18.2 Å². The number of likely N-dealkylation sites (tertiary alicyclic amines) is 1. The number of aromatic nitrogens is 4. The Labute approximate surface area is 164 Å². The summed E-state index contributed by atoms with van der Waals surface area (Å²) >= 11 is 0. The summed E-state index contributed by atoms with van der Waals surface area (Å²) in [5.41, 5.74) is 1.23. The van der Waals surface area contributed by atoms with Crippen molar-refractivity contribution in [1.29, 1.82) is 0 Å². The Morgan fingerprint density at radius 3 is 2.79 bits per heavy atom. The predicted molar refractivity (Wildman–Crippen MR) is 102 cm³/mol. The molecule has 2 bridgehead atoms. The molecule has 4 saturated heterocycles. The number of benzene rings is 1. The lowest BCUT2D eigenvalue weighted by molar-refractivity contribution is -0.136. The van der Waals surface area contributed by atoms with Crippen LogP contribution in [0.3, 0.4) is 0 Å². The molecule has 5 heterocycles.